The highest BCUT2D eigenvalue weighted by atomic mass is 32.2. The molecule has 0 spiro atoms. The van der Waals surface area contributed by atoms with Gasteiger partial charge in [-0.05, 0) is 55.2 Å². The molecular formula is C24H24F3NO3S2. The first-order valence-corrected chi connectivity index (χ1v) is 12.1. The summed E-state index contributed by atoms with van der Waals surface area (Å²) in [4.78, 5) is 17.6. The van der Waals surface area contributed by atoms with Crippen LogP contribution in [0.2, 0.25) is 0 Å². The Labute approximate surface area is 198 Å². The van der Waals surface area contributed by atoms with Gasteiger partial charge in [0, 0.05) is 21.1 Å². The van der Waals surface area contributed by atoms with Gasteiger partial charge in [-0.2, -0.15) is 13.2 Å². The number of ether oxygens (including phenoxy) is 1. The van der Waals surface area contributed by atoms with E-state index < -0.39 is 17.7 Å². The van der Waals surface area contributed by atoms with Crippen LogP contribution in [0.1, 0.15) is 41.5 Å². The van der Waals surface area contributed by atoms with E-state index in [1.165, 1.54) is 23.5 Å². The van der Waals surface area contributed by atoms with Crippen LogP contribution in [-0.2, 0) is 17.4 Å². The van der Waals surface area contributed by atoms with Gasteiger partial charge in [0.15, 0.2) is 6.61 Å². The molecule has 0 unspecified atom stereocenters. The van der Waals surface area contributed by atoms with Crippen molar-refractivity contribution in [2.45, 2.75) is 44.2 Å². The van der Waals surface area contributed by atoms with E-state index in [1.807, 2.05) is 19.1 Å². The third kappa shape index (κ3) is 6.74. The van der Waals surface area contributed by atoms with E-state index >= 15 is 0 Å². The molecule has 0 radical (unpaired) electrons. The van der Waals surface area contributed by atoms with E-state index in [4.69, 9.17) is 14.8 Å². The molecule has 0 aliphatic heterocycles. The first-order chi connectivity index (χ1) is 15.5. The monoisotopic (exact) mass is 495 g/mol. The number of thioether (sulfide) groups is 1. The van der Waals surface area contributed by atoms with Crippen LogP contribution in [0.3, 0.4) is 0 Å². The zero-order chi connectivity index (χ0) is 24.2. The first-order valence-electron chi connectivity index (χ1n) is 10.3. The number of carbonyl (C=O) groups is 1. The van der Waals surface area contributed by atoms with Crippen LogP contribution in [0.25, 0.3) is 10.6 Å². The minimum absolute atomic E-state index is 0.206. The zero-order valence-corrected chi connectivity index (χ0v) is 20.0. The van der Waals surface area contributed by atoms with E-state index in [2.05, 4.69) is 13.8 Å². The quantitative estimate of drug-likeness (QED) is 0.322. The highest BCUT2D eigenvalue weighted by Gasteiger charge is 2.30. The molecule has 33 heavy (non-hydrogen) atoms. The third-order valence-electron chi connectivity index (χ3n) is 4.83. The highest BCUT2D eigenvalue weighted by molar-refractivity contribution is 7.99. The Bertz CT molecular complexity index is 1110. The summed E-state index contributed by atoms with van der Waals surface area (Å²) < 4.78 is 43.8. The number of carboxylic acid groups (broad SMARTS) is 1. The van der Waals surface area contributed by atoms with Crippen molar-refractivity contribution in [1.82, 2.24) is 4.98 Å². The number of aryl methyl sites for hydroxylation is 2. The molecule has 1 heterocycles. The second kappa shape index (κ2) is 10.6. The van der Waals surface area contributed by atoms with E-state index in [0.717, 1.165) is 50.3 Å². The first kappa shape index (κ1) is 25.1. The normalized spacial score (nSPS) is 11.7. The van der Waals surface area contributed by atoms with Gasteiger partial charge in [-0.25, -0.2) is 9.78 Å². The summed E-state index contributed by atoms with van der Waals surface area (Å²) in [7, 11) is 0. The smallest absolute Gasteiger partial charge is 0.416 e. The molecule has 0 aliphatic rings. The SMILES string of the molecule is Cc1cc(SCCc2sc(-c3ccc(C(F)(F)F)cc3)nc2C(C)C)ccc1OCC(=O)O. The summed E-state index contributed by atoms with van der Waals surface area (Å²) in [5, 5.41) is 9.47. The van der Waals surface area contributed by atoms with E-state index in [9.17, 15) is 18.0 Å². The maximum Gasteiger partial charge on any atom is 0.416 e. The topological polar surface area (TPSA) is 59.4 Å². The number of alkyl halides is 3. The third-order valence-corrected chi connectivity index (χ3v) is 7.00. The minimum Gasteiger partial charge on any atom is -0.482 e. The molecule has 0 aliphatic carbocycles. The molecule has 3 aromatic rings. The van der Waals surface area contributed by atoms with Gasteiger partial charge in [-0.15, -0.1) is 23.1 Å². The van der Waals surface area contributed by atoms with Crippen LogP contribution in [0.5, 0.6) is 5.75 Å². The Balaban J connectivity index is 1.68. The summed E-state index contributed by atoms with van der Waals surface area (Å²) >= 11 is 3.20. The molecule has 9 heteroatoms. The second-order valence-electron chi connectivity index (χ2n) is 7.77. The number of aromatic nitrogens is 1. The Hall–Kier alpha value is -2.52. The van der Waals surface area contributed by atoms with Gasteiger partial charge in [-0.3, -0.25) is 0 Å². The number of hydrogen-bond acceptors (Lipinski definition) is 5. The molecule has 1 aromatic heterocycles. The fourth-order valence-electron chi connectivity index (χ4n) is 3.19. The van der Waals surface area contributed by atoms with Crippen LogP contribution in [-0.4, -0.2) is 28.4 Å². The maximum absolute atomic E-state index is 12.8. The Morgan fingerprint density at radius 1 is 1.18 bits per heavy atom. The van der Waals surface area contributed by atoms with Crippen molar-refractivity contribution in [2.24, 2.45) is 0 Å². The number of aliphatic carboxylic acids is 1. The molecule has 0 saturated carbocycles. The van der Waals surface area contributed by atoms with Gasteiger partial charge in [0.05, 0.1) is 11.3 Å². The summed E-state index contributed by atoms with van der Waals surface area (Å²) in [5.41, 5.74) is 1.86. The van der Waals surface area contributed by atoms with Crippen molar-refractivity contribution in [2.75, 3.05) is 12.4 Å². The fourth-order valence-corrected chi connectivity index (χ4v) is 5.51. The van der Waals surface area contributed by atoms with Crippen LogP contribution in [0, 0.1) is 6.92 Å². The minimum atomic E-state index is -4.36. The molecule has 0 saturated heterocycles. The second-order valence-corrected chi connectivity index (χ2v) is 10.0. The van der Waals surface area contributed by atoms with Crippen LogP contribution < -0.4 is 4.74 Å². The lowest BCUT2D eigenvalue weighted by atomic mass is 10.1. The molecular weight excluding hydrogens is 471 g/mol. The molecule has 176 valence electrons. The number of benzene rings is 2. The lowest BCUT2D eigenvalue weighted by molar-refractivity contribution is -0.139. The van der Waals surface area contributed by atoms with Gasteiger partial charge in [-0.1, -0.05) is 26.0 Å². The molecule has 4 nitrogen and oxygen atoms in total. The van der Waals surface area contributed by atoms with Crippen LogP contribution in [0.4, 0.5) is 13.2 Å². The van der Waals surface area contributed by atoms with Gasteiger partial charge < -0.3 is 9.84 Å². The van der Waals surface area contributed by atoms with Gasteiger partial charge in [0.2, 0.25) is 0 Å². The lowest BCUT2D eigenvalue weighted by Gasteiger charge is -2.09. The molecule has 0 atom stereocenters. The largest absolute Gasteiger partial charge is 0.482 e. The van der Waals surface area contributed by atoms with Crippen LogP contribution in [0.15, 0.2) is 47.4 Å². The van der Waals surface area contributed by atoms with Crippen molar-refractivity contribution in [3.8, 4) is 16.3 Å². The van der Waals surface area contributed by atoms with Crippen molar-refractivity contribution in [1.29, 1.82) is 0 Å². The van der Waals surface area contributed by atoms with Crippen molar-refractivity contribution in [3.05, 3.63) is 64.2 Å². The number of halogens is 3. The molecule has 0 bridgehead atoms. The average molecular weight is 496 g/mol. The number of nitrogens with zero attached hydrogens (tertiary/aromatic N) is 1. The molecule has 0 amide bonds. The number of rotatable bonds is 9. The van der Waals surface area contributed by atoms with E-state index in [0.29, 0.717) is 11.3 Å². The van der Waals surface area contributed by atoms with Crippen LogP contribution >= 0.6 is 23.1 Å². The van der Waals surface area contributed by atoms with Gasteiger partial charge >= 0.3 is 12.1 Å². The highest BCUT2D eigenvalue weighted by Crippen LogP contribution is 2.36. The summed E-state index contributed by atoms with van der Waals surface area (Å²) in [6, 6.07) is 10.8. The number of thiazole rings is 1. The molecule has 1 N–H and O–H groups in total. The average Bonchev–Trinajstić information content (AvgIpc) is 3.17. The standard InChI is InChI=1S/C24H24F3NO3S2/c1-14(2)22-20(33-23(28-22)16-4-6-17(7-5-16)24(25,26)27)10-11-32-18-8-9-19(15(3)12-18)31-13-21(29)30/h4-9,12,14H,10-11,13H2,1-3H3,(H,29,30). The summed E-state index contributed by atoms with van der Waals surface area (Å²) in [6.07, 6.45) is -3.57. The zero-order valence-electron chi connectivity index (χ0n) is 18.4. The van der Waals surface area contributed by atoms with Crippen molar-refractivity contribution < 1.29 is 27.8 Å². The van der Waals surface area contributed by atoms with E-state index in [-0.39, 0.29) is 12.5 Å². The fraction of sp³-hybridized carbons (Fsp3) is 0.333. The lowest BCUT2D eigenvalue weighted by Crippen LogP contribution is -2.10. The van der Waals surface area contributed by atoms with Gasteiger partial charge in [0.25, 0.3) is 0 Å². The molecule has 2 aromatic carbocycles. The number of carboxylic acids is 1. The maximum atomic E-state index is 12.8. The van der Waals surface area contributed by atoms with Crippen molar-refractivity contribution in [3.63, 3.8) is 0 Å². The molecule has 3 rings (SSSR count). The predicted molar refractivity (Wildman–Crippen MR) is 125 cm³/mol. The summed E-state index contributed by atoms with van der Waals surface area (Å²) in [6.45, 7) is 5.61. The van der Waals surface area contributed by atoms with Gasteiger partial charge in [0.1, 0.15) is 10.8 Å². The Kier molecular flexibility index (Phi) is 8.07. The Morgan fingerprint density at radius 2 is 1.88 bits per heavy atom. The predicted octanol–water partition coefficient (Wildman–Crippen LogP) is 7.06. The Morgan fingerprint density at radius 3 is 2.45 bits per heavy atom. The van der Waals surface area contributed by atoms with Crippen molar-refractivity contribution >= 4 is 29.1 Å². The summed E-state index contributed by atoms with van der Waals surface area (Å²) in [5.74, 6) is 0.544. The molecule has 0 fully saturated rings. The number of hydrogen-bond donors (Lipinski definition) is 1. The van der Waals surface area contributed by atoms with E-state index in [1.54, 1.807) is 17.8 Å².